The van der Waals surface area contributed by atoms with Crippen molar-refractivity contribution in [1.29, 1.82) is 0 Å². The van der Waals surface area contributed by atoms with Gasteiger partial charge in [0.2, 0.25) is 0 Å². The van der Waals surface area contributed by atoms with Crippen LogP contribution in [0.1, 0.15) is 252 Å². The van der Waals surface area contributed by atoms with Crippen LogP contribution < -0.4 is 33.0 Å². The zero-order valence-electron chi connectivity index (χ0n) is 76.6. The number of carbonyl (C=O) groups is 6. The van der Waals surface area contributed by atoms with Gasteiger partial charge in [0.15, 0.2) is 29.1 Å². The van der Waals surface area contributed by atoms with Crippen LogP contribution in [0.3, 0.4) is 0 Å². The van der Waals surface area contributed by atoms with Crippen LogP contribution in [0.2, 0.25) is 0 Å². The molecular weight excluding hydrogens is 1770 g/mol. The molecule has 0 saturated carbocycles. The number of H-pyrrole nitrogens is 2. The van der Waals surface area contributed by atoms with Gasteiger partial charge in [-0.15, -0.1) is 30.6 Å². The van der Waals surface area contributed by atoms with Gasteiger partial charge < -0.3 is 58.8 Å². The summed E-state index contributed by atoms with van der Waals surface area (Å²) < 4.78 is 61.4. The van der Waals surface area contributed by atoms with Crippen molar-refractivity contribution in [2.24, 2.45) is 5.84 Å². The molecule has 4 fully saturated rings. The Labute approximate surface area is 772 Å². The van der Waals surface area contributed by atoms with Gasteiger partial charge >= 0.3 is 24.2 Å². The number of nitrogens with one attached hydrogen (secondary N) is 5. The summed E-state index contributed by atoms with van der Waals surface area (Å²) in [6, 6.07) is 23.1. The summed E-state index contributed by atoms with van der Waals surface area (Å²) in [6.07, 6.45) is 11.3. The number of benzene rings is 4. The molecule has 8 N–H and O–H groups in total. The van der Waals surface area contributed by atoms with Crippen LogP contribution >= 0.6 is 0 Å². The maximum atomic E-state index is 15.1. The molecule has 0 aliphatic carbocycles. The number of nitrogens with zero attached hydrogens (tertiary/aromatic N) is 18. The number of aromatic nitrogens is 15. The normalized spacial score (nSPS) is 19.5. The number of hydrogen-bond acceptors (Lipinski definition) is 28. The van der Waals surface area contributed by atoms with E-state index in [0.29, 0.717) is 112 Å². The maximum absolute atomic E-state index is 15.1. The molecule has 130 heavy (non-hydrogen) atoms. The van der Waals surface area contributed by atoms with E-state index in [2.05, 4.69) is 120 Å². The number of hydrogen-bond donors (Lipinski definition) is 7. The van der Waals surface area contributed by atoms with Gasteiger partial charge in [-0.25, -0.2) is 49.0 Å². The molecule has 0 bridgehead atoms. The van der Waals surface area contributed by atoms with Crippen molar-refractivity contribution >= 4 is 113 Å². The fourth-order valence-electron chi connectivity index (χ4n) is 16.9. The second-order valence-electron chi connectivity index (χ2n) is 35.4. The summed E-state index contributed by atoms with van der Waals surface area (Å²) in [6.45, 7) is 31.0. The second-order valence-corrected chi connectivity index (χ2v) is 40.7. The minimum absolute atomic E-state index is 0. The lowest BCUT2D eigenvalue weighted by molar-refractivity contribution is -0.111. The zero-order chi connectivity index (χ0) is 95.5. The minimum atomic E-state index is -1.32. The van der Waals surface area contributed by atoms with E-state index in [1.807, 2.05) is 92.9 Å². The lowest BCUT2D eigenvalue weighted by Gasteiger charge is -2.38. The summed E-state index contributed by atoms with van der Waals surface area (Å²) in [4.78, 5) is 113. The van der Waals surface area contributed by atoms with Gasteiger partial charge in [0.25, 0.3) is 17.0 Å². The van der Waals surface area contributed by atoms with Crippen molar-refractivity contribution in [2.75, 3.05) is 57.8 Å². The quantitative estimate of drug-likeness (QED) is 0.0289. The Morgan fingerprint density at radius 1 is 0.600 bits per heavy atom. The number of aldehydes is 1. The number of ether oxygens (including phenoxy) is 3. The first-order valence-electron chi connectivity index (χ1n) is 44.0. The van der Waals surface area contributed by atoms with E-state index in [4.69, 9.17) is 28.1 Å². The van der Waals surface area contributed by atoms with Crippen molar-refractivity contribution in [3.8, 4) is 0 Å². The average molecular weight is 1890 g/mol. The summed E-state index contributed by atoms with van der Waals surface area (Å²) in [5, 5.41) is 57.5. The van der Waals surface area contributed by atoms with Gasteiger partial charge in [0.05, 0.1) is 101 Å². The SMILES string of the molecule is C1CC2c3nnc4n3C(CNC4)CN2C1.CC(C)(C)OC(=O)N1CCC[C@@H]1C=O.CC1CN(C(=O)c2cc(Cc3n[nH]c(=O)c4ccccc34)ccc2F)Cc2nnc(C3CCCN3C(=O)OC(C)(C)C)n21.CC1CNCc2nnc(C3CCCN3C(=O)OC(C)(C)C)n21.Cc1cncc(NN)n1.O=C(O)c1cc(Cc2n[nH]c(=O)c3ccccc23)ccc1F.S=S=S=S=S.[2H][2H].[HH]. The second kappa shape index (κ2) is 43.6. The molecule has 14 heterocycles. The first kappa shape index (κ1) is 96.2. The molecule has 8 aliphatic rings. The molecule has 4 amide bonds. The molecule has 36 nitrogen and oxygen atoms in total. The molecule has 698 valence electrons. The number of fused-ring (bicyclic) bond motifs is 6. The van der Waals surface area contributed by atoms with Crippen LogP contribution in [0, 0.1) is 18.6 Å². The van der Waals surface area contributed by atoms with Crippen LogP contribution in [0.15, 0.2) is 107 Å². The Morgan fingerprint density at radius 3 is 1.56 bits per heavy atom. The van der Waals surface area contributed by atoms with Crippen LogP contribution in [-0.4, -0.2) is 216 Å². The van der Waals surface area contributed by atoms with Crippen molar-refractivity contribution in [2.45, 2.75) is 226 Å². The highest BCUT2D eigenvalue weighted by Gasteiger charge is 2.43. The van der Waals surface area contributed by atoms with Crippen molar-refractivity contribution < 1.29 is 61.3 Å². The lowest BCUT2D eigenvalue weighted by Crippen LogP contribution is -2.45. The number of likely N-dealkylation sites (tertiary alicyclic amines) is 3. The van der Waals surface area contributed by atoms with E-state index in [-0.39, 0.29) is 79.1 Å². The molecule has 7 atom stereocenters. The Bertz CT molecular complexity index is 6030. The number of halogens is 2. The predicted octanol–water partition coefficient (Wildman–Crippen LogP) is 11.1. The van der Waals surface area contributed by atoms with Gasteiger partial charge in [-0.1, -0.05) is 48.5 Å². The maximum Gasteiger partial charge on any atom is 0.410 e. The molecule has 18 rings (SSSR count). The Morgan fingerprint density at radius 2 is 1.06 bits per heavy atom. The number of aryl methyl sites for hydroxylation is 1. The fraction of sp³-hybridized carbons (Fsp3) is 0.494. The third-order valence-corrected chi connectivity index (χ3v) is 26.9. The number of aromatic carboxylic acids is 1. The molecular formula is C87H114F2N24O12S5. The van der Waals surface area contributed by atoms with Crippen molar-refractivity contribution in [1.82, 2.24) is 110 Å². The van der Waals surface area contributed by atoms with Crippen LogP contribution in [0.5, 0.6) is 0 Å². The van der Waals surface area contributed by atoms with Gasteiger partial charge in [0, 0.05) is 135 Å². The van der Waals surface area contributed by atoms with Gasteiger partial charge in [-0.3, -0.25) is 39.0 Å². The van der Waals surface area contributed by atoms with E-state index in [0.717, 1.165) is 100 Å². The van der Waals surface area contributed by atoms with E-state index < -0.39 is 40.3 Å². The summed E-state index contributed by atoms with van der Waals surface area (Å²) in [7, 11) is 3.95. The zero-order valence-corrected chi connectivity index (χ0v) is 78.7. The van der Waals surface area contributed by atoms with Crippen molar-refractivity contribution in [3.05, 3.63) is 204 Å². The van der Waals surface area contributed by atoms with Crippen LogP contribution in [0.25, 0.3) is 21.5 Å². The molecule has 6 aromatic heterocycles. The topological polar surface area (TPSA) is 438 Å². The number of carbonyl (C=O) groups excluding carboxylic acids is 5. The summed E-state index contributed by atoms with van der Waals surface area (Å²) in [5.74, 6) is 7.95. The largest absolute Gasteiger partial charge is 0.478 e. The van der Waals surface area contributed by atoms with E-state index in [1.54, 1.807) is 75.6 Å². The van der Waals surface area contributed by atoms with E-state index in [1.165, 1.54) is 81.5 Å². The van der Waals surface area contributed by atoms with Crippen molar-refractivity contribution in [3.63, 3.8) is 0 Å². The first-order valence-corrected chi connectivity index (χ1v) is 48.3. The Kier molecular flexibility index (Phi) is 32.3. The molecule has 4 saturated heterocycles. The number of rotatable bonds is 10. The summed E-state index contributed by atoms with van der Waals surface area (Å²) >= 11 is 8.89. The third-order valence-electron chi connectivity index (χ3n) is 22.4. The Hall–Kier alpha value is -11.3. The van der Waals surface area contributed by atoms with E-state index >= 15 is 4.39 Å². The number of anilines is 1. The van der Waals surface area contributed by atoms with Crippen LogP contribution in [-0.2, 0) is 100 Å². The number of nitrogen functional groups attached to an aromatic ring is 1. The van der Waals surface area contributed by atoms with E-state index in [9.17, 15) is 42.7 Å². The highest BCUT2D eigenvalue weighted by Crippen LogP contribution is 2.41. The van der Waals surface area contributed by atoms with Gasteiger partial charge in [0.1, 0.15) is 46.4 Å². The van der Waals surface area contributed by atoms with Gasteiger partial charge in [-0.05, 0) is 189 Å². The number of carboxylic acids is 1. The first-order chi connectivity index (χ1) is 63.0. The number of nitrogens with two attached hydrogens (primary N) is 1. The Balaban J connectivity index is 0.000000174. The number of amides is 4. The smallest absolute Gasteiger partial charge is 0.410 e. The molecule has 6 unspecified atom stereocenters. The lowest BCUT2D eigenvalue weighted by atomic mass is 10.0. The average Bonchev–Trinajstić information content (AvgIpc) is 1.62. The molecule has 0 spiro atoms. The molecule has 0 radical (unpaired) electrons. The summed E-state index contributed by atoms with van der Waals surface area (Å²) in [5.41, 5.74) is 3.17. The molecule has 8 aliphatic heterocycles. The molecule has 10 aromatic rings. The third kappa shape index (κ3) is 24.5. The fourth-order valence-corrected chi connectivity index (χ4v) is 19.7. The minimum Gasteiger partial charge on any atom is -0.478 e. The predicted molar refractivity (Wildman–Crippen MR) is 498 cm³/mol. The number of carboxylic acid groups (broad SMARTS) is 1. The number of aromatic amines is 2. The number of hydrazine groups is 1. The molecule has 4 aromatic carbocycles. The monoisotopic (exact) mass is 1890 g/mol. The highest BCUT2D eigenvalue weighted by atomic mass is 33.3. The molecule has 43 heteroatoms. The van der Waals surface area contributed by atoms with Gasteiger partial charge in [-0.2, -0.15) is 10.2 Å². The standard InChI is InChI=1S/C31H34FN7O4.C16H11FN2O3.C15H25N5O2.C10H15N5.C10H17NO3.C5H8N4.S5.2H2/c1-18-16-37(17-26-34-35-27(39(18)26)25-10-7-13-38(25)30(42)43-31(2,3)4)29(41)22-14-19(11-12-23(22)32)15-24-20-8-5-6-9-21(20)28(40)36-33-24;17-13-6-5-9(7-12(13)16(21)22)8-14-10-3-1-2-4-11(10)15(20)19-18-14;1-10-8-16-9-12-17-18-13(20(10)12)11-6-5-7-19(11)14(21)22-15(2,3)4;1-2-8-10-13-12-9-5-11-4-7(15(9)10)6-14(8)3-1;1-10(2,3)14-9(13)11-6-4-5-8(11)7-12;1-4-2-7-3-5(8-4)9-6;1-3-5-4-2;;/h5-6,8-9,11-12,14,18,25H,7,10,13,15-17H2,1-4H3,(H,36,40);1-7H,8H2,(H,19,20)(H,21,22);10-11,16H,5-9H2,1-4H3;7-8,11H,1-6H2;7-8H,4-6H2,1-3H3;2-3H,6H2,1H3,(H,8,9);;2*1H/t;;;;8-;;;;/m....1..../s1/i;;;;;;;1+1D;. The highest BCUT2D eigenvalue weighted by molar-refractivity contribution is 8.59. The van der Waals surface area contributed by atoms with Crippen LogP contribution in [0.4, 0.5) is 29.0 Å².